The summed E-state index contributed by atoms with van der Waals surface area (Å²) < 4.78 is 0. The van der Waals surface area contributed by atoms with Crippen LogP contribution in [0, 0.1) is 5.92 Å². The van der Waals surface area contributed by atoms with Gasteiger partial charge in [0.05, 0.1) is 5.60 Å². The molecular weight excluding hydrogens is 230 g/mol. The molecule has 0 bridgehead atoms. The molecule has 0 aromatic heterocycles. The Kier molecular flexibility index (Phi) is 5.82. The van der Waals surface area contributed by atoms with Gasteiger partial charge in [-0.2, -0.15) is 0 Å². The SMILES string of the molecule is CCC1CCC(O)(CNC/C=C(/C)C(=O)O)CC1. The summed E-state index contributed by atoms with van der Waals surface area (Å²) in [5.41, 5.74) is -0.263. The Labute approximate surface area is 109 Å². The predicted octanol–water partition coefficient (Wildman–Crippen LogP) is 1.94. The van der Waals surface area contributed by atoms with Crippen LogP contribution < -0.4 is 5.32 Å². The first-order valence-electron chi connectivity index (χ1n) is 6.80. The van der Waals surface area contributed by atoms with Crippen molar-refractivity contribution >= 4 is 5.97 Å². The van der Waals surface area contributed by atoms with Gasteiger partial charge in [-0.3, -0.25) is 0 Å². The quantitative estimate of drug-likeness (QED) is 0.501. The number of carboxylic acids is 1. The lowest BCUT2D eigenvalue weighted by atomic mass is 9.78. The third kappa shape index (κ3) is 4.78. The highest BCUT2D eigenvalue weighted by atomic mass is 16.4. The first kappa shape index (κ1) is 15.2. The van der Waals surface area contributed by atoms with Gasteiger partial charge in [0.2, 0.25) is 0 Å². The fourth-order valence-corrected chi connectivity index (χ4v) is 2.42. The Bertz CT molecular complexity index is 304. The van der Waals surface area contributed by atoms with Crippen molar-refractivity contribution in [2.75, 3.05) is 13.1 Å². The Hall–Kier alpha value is -0.870. The lowest BCUT2D eigenvalue weighted by molar-refractivity contribution is -0.132. The monoisotopic (exact) mass is 255 g/mol. The number of carboxylic acid groups (broad SMARTS) is 1. The van der Waals surface area contributed by atoms with Crippen LogP contribution in [0.4, 0.5) is 0 Å². The third-order valence-electron chi connectivity index (χ3n) is 3.96. The fraction of sp³-hybridized carbons (Fsp3) is 0.786. The highest BCUT2D eigenvalue weighted by Gasteiger charge is 2.31. The molecule has 0 amide bonds. The number of hydrogen-bond donors (Lipinski definition) is 3. The Morgan fingerprint density at radius 1 is 1.44 bits per heavy atom. The van der Waals surface area contributed by atoms with Crippen LogP contribution in [0.3, 0.4) is 0 Å². The molecule has 0 aromatic rings. The molecule has 1 fully saturated rings. The van der Waals surface area contributed by atoms with Gasteiger partial charge in [-0.1, -0.05) is 19.4 Å². The zero-order valence-corrected chi connectivity index (χ0v) is 11.4. The lowest BCUT2D eigenvalue weighted by Crippen LogP contribution is -2.43. The van der Waals surface area contributed by atoms with E-state index < -0.39 is 11.6 Å². The molecule has 0 atom stereocenters. The zero-order chi connectivity index (χ0) is 13.6. The van der Waals surface area contributed by atoms with Crippen molar-refractivity contribution < 1.29 is 15.0 Å². The number of hydrogen-bond acceptors (Lipinski definition) is 3. The van der Waals surface area contributed by atoms with Gasteiger partial charge in [0.25, 0.3) is 0 Å². The molecule has 0 radical (unpaired) electrons. The Morgan fingerprint density at radius 2 is 2.06 bits per heavy atom. The number of carbonyl (C=O) groups is 1. The summed E-state index contributed by atoms with van der Waals surface area (Å²) in [7, 11) is 0. The minimum Gasteiger partial charge on any atom is -0.478 e. The lowest BCUT2D eigenvalue weighted by Gasteiger charge is -2.35. The second-order valence-electron chi connectivity index (χ2n) is 5.40. The van der Waals surface area contributed by atoms with Crippen molar-refractivity contribution in [2.24, 2.45) is 5.92 Å². The first-order chi connectivity index (χ1) is 8.47. The molecule has 3 N–H and O–H groups in total. The van der Waals surface area contributed by atoms with Crippen molar-refractivity contribution in [3.05, 3.63) is 11.6 Å². The number of rotatable bonds is 6. The predicted molar refractivity (Wildman–Crippen MR) is 71.5 cm³/mol. The van der Waals surface area contributed by atoms with Crippen LogP contribution in [-0.4, -0.2) is 34.9 Å². The molecule has 1 rings (SSSR count). The first-order valence-corrected chi connectivity index (χ1v) is 6.80. The summed E-state index contributed by atoms with van der Waals surface area (Å²) >= 11 is 0. The third-order valence-corrected chi connectivity index (χ3v) is 3.96. The van der Waals surface area contributed by atoms with Gasteiger partial charge in [-0.15, -0.1) is 0 Å². The van der Waals surface area contributed by atoms with E-state index in [2.05, 4.69) is 12.2 Å². The van der Waals surface area contributed by atoms with Crippen LogP contribution in [0.1, 0.15) is 46.0 Å². The Balaban J connectivity index is 2.27. The van der Waals surface area contributed by atoms with Gasteiger partial charge in [-0.05, 0) is 38.5 Å². The molecule has 0 aliphatic heterocycles. The molecule has 1 aliphatic rings. The van der Waals surface area contributed by atoms with Gasteiger partial charge in [-0.25, -0.2) is 4.79 Å². The standard InChI is InChI=1S/C14H25NO3/c1-3-12-4-7-14(18,8-5-12)10-15-9-6-11(2)13(16)17/h6,12,15,18H,3-5,7-10H2,1-2H3,(H,16,17)/b11-6-. The zero-order valence-electron chi connectivity index (χ0n) is 11.4. The molecule has 0 aromatic carbocycles. The number of aliphatic hydroxyl groups is 1. The summed E-state index contributed by atoms with van der Waals surface area (Å²) in [5, 5.41) is 22.2. The second kappa shape index (κ2) is 6.90. The van der Waals surface area contributed by atoms with Crippen LogP contribution in [-0.2, 0) is 4.79 Å². The molecule has 18 heavy (non-hydrogen) atoms. The van der Waals surface area contributed by atoms with Crippen LogP contribution >= 0.6 is 0 Å². The van der Waals surface area contributed by atoms with Crippen molar-refractivity contribution in [3.63, 3.8) is 0 Å². The van der Waals surface area contributed by atoms with E-state index in [1.165, 1.54) is 6.42 Å². The van der Waals surface area contributed by atoms with E-state index in [4.69, 9.17) is 5.11 Å². The summed E-state index contributed by atoms with van der Waals surface area (Å²) in [4.78, 5) is 10.6. The maximum absolute atomic E-state index is 10.6. The van der Waals surface area contributed by atoms with Crippen LogP contribution in [0.5, 0.6) is 0 Å². The summed E-state index contributed by atoms with van der Waals surface area (Å²) in [6, 6.07) is 0. The number of aliphatic carboxylic acids is 1. The van der Waals surface area contributed by atoms with E-state index in [1.807, 2.05) is 0 Å². The Morgan fingerprint density at radius 3 is 2.56 bits per heavy atom. The molecule has 0 unspecified atom stereocenters. The van der Waals surface area contributed by atoms with Crippen molar-refractivity contribution in [1.29, 1.82) is 0 Å². The molecule has 104 valence electrons. The largest absolute Gasteiger partial charge is 0.478 e. The van der Waals surface area contributed by atoms with Crippen molar-refractivity contribution in [2.45, 2.75) is 51.6 Å². The molecule has 1 saturated carbocycles. The van der Waals surface area contributed by atoms with Gasteiger partial charge in [0.15, 0.2) is 0 Å². The van der Waals surface area contributed by atoms with E-state index in [-0.39, 0.29) is 0 Å². The smallest absolute Gasteiger partial charge is 0.330 e. The summed E-state index contributed by atoms with van der Waals surface area (Å²) in [6.07, 6.45) is 6.73. The molecular formula is C14H25NO3. The van der Waals surface area contributed by atoms with Gasteiger partial charge >= 0.3 is 5.97 Å². The summed E-state index contributed by atoms with van der Waals surface area (Å²) in [6.45, 7) is 4.82. The number of nitrogens with one attached hydrogen (secondary N) is 1. The second-order valence-corrected chi connectivity index (χ2v) is 5.40. The molecule has 1 aliphatic carbocycles. The van der Waals surface area contributed by atoms with Gasteiger partial charge < -0.3 is 15.5 Å². The van der Waals surface area contributed by atoms with E-state index >= 15 is 0 Å². The fourth-order valence-electron chi connectivity index (χ4n) is 2.42. The van der Waals surface area contributed by atoms with E-state index in [0.717, 1.165) is 31.6 Å². The van der Waals surface area contributed by atoms with Crippen LogP contribution in [0.2, 0.25) is 0 Å². The van der Waals surface area contributed by atoms with Crippen LogP contribution in [0.25, 0.3) is 0 Å². The minimum atomic E-state index is -0.890. The normalized spacial score (nSPS) is 29.3. The average molecular weight is 255 g/mol. The molecule has 4 nitrogen and oxygen atoms in total. The molecule has 0 saturated heterocycles. The topological polar surface area (TPSA) is 69.6 Å². The average Bonchev–Trinajstić information content (AvgIpc) is 2.35. The molecule has 0 spiro atoms. The van der Waals surface area contributed by atoms with Crippen molar-refractivity contribution in [3.8, 4) is 0 Å². The molecule has 0 heterocycles. The van der Waals surface area contributed by atoms with Crippen molar-refractivity contribution in [1.82, 2.24) is 5.32 Å². The highest BCUT2D eigenvalue weighted by molar-refractivity contribution is 5.85. The van der Waals surface area contributed by atoms with E-state index in [1.54, 1.807) is 13.0 Å². The minimum absolute atomic E-state index is 0.337. The maximum atomic E-state index is 10.6. The van der Waals surface area contributed by atoms with E-state index in [9.17, 15) is 9.90 Å². The van der Waals surface area contributed by atoms with Gasteiger partial charge in [0, 0.05) is 18.7 Å². The maximum Gasteiger partial charge on any atom is 0.330 e. The van der Waals surface area contributed by atoms with E-state index in [0.29, 0.717) is 18.7 Å². The highest BCUT2D eigenvalue weighted by Crippen LogP contribution is 2.33. The van der Waals surface area contributed by atoms with Crippen LogP contribution in [0.15, 0.2) is 11.6 Å². The summed E-state index contributed by atoms with van der Waals surface area (Å²) in [5.74, 6) is -0.126. The van der Waals surface area contributed by atoms with Gasteiger partial charge in [0.1, 0.15) is 0 Å². The molecule has 4 heteroatoms.